The van der Waals surface area contributed by atoms with Crippen LogP contribution in [0, 0.1) is 11.3 Å². The molecule has 0 spiro atoms. The molecule has 10 heteroatoms. The Morgan fingerprint density at radius 3 is 2.46 bits per heavy atom. The summed E-state index contributed by atoms with van der Waals surface area (Å²) in [5.41, 5.74) is 0.355. The SMILES string of the molecule is CCCCC1(C2CCCN(C(=O)OC(C)(C)C)C2)NC(=N)N(Cc2ccc(CNC(=O)NCCC)cc2)C1=O. The van der Waals surface area contributed by atoms with Gasteiger partial charge in [-0.15, -0.1) is 0 Å². The molecule has 2 unspecified atom stereocenters. The van der Waals surface area contributed by atoms with Crippen LogP contribution in [0.25, 0.3) is 0 Å². The maximum absolute atomic E-state index is 14.0. The predicted octanol–water partition coefficient (Wildman–Crippen LogP) is 4.34. The number of hydrogen-bond donors (Lipinski definition) is 4. The van der Waals surface area contributed by atoms with Gasteiger partial charge in [0.05, 0.1) is 6.54 Å². The van der Waals surface area contributed by atoms with E-state index >= 15 is 0 Å². The first-order valence-electron chi connectivity index (χ1n) is 14.2. The van der Waals surface area contributed by atoms with Gasteiger partial charge in [-0.1, -0.05) is 51.0 Å². The van der Waals surface area contributed by atoms with Crippen molar-refractivity contribution < 1.29 is 19.1 Å². The molecule has 3 rings (SSSR count). The van der Waals surface area contributed by atoms with Crippen molar-refractivity contribution in [3.63, 3.8) is 0 Å². The summed E-state index contributed by atoms with van der Waals surface area (Å²) in [7, 11) is 0. The summed E-state index contributed by atoms with van der Waals surface area (Å²) < 4.78 is 5.61. The molecule has 0 aliphatic carbocycles. The molecule has 0 saturated carbocycles. The van der Waals surface area contributed by atoms with Crippen molar-refractivity contribution in [3.05, 3.63) is 35.4 Å². The van der Waals surface area contributed by atoms with Gasteiger partial charge >= 0.3 is 12.1 Å². The van der Waals surface area contributed by atoms with E-state index in [1.165, 1.54) is 4.90 Å². The molecule has 216 valence electrons. The maximum atomic E-state index is 14.0. The molecule has 0 bridgehead atoms. The van der Waals surface area contributed by atoms with Crippen LogP contribution < -0.4 is 16.0 Å². The molecule has 1 aromatic carbocycles. The van der Waals surface area contributed by atoms with Crippen molar-refractivity contribution in [2.24, 2.45) is 5.92 Å². The third kappa shape index (κ3) is 7.86. The van der Waals surface area contributed by atoms with Crippen LogP contribution in [0.3, 0.4) is 0 Å². The number of guanidine groups is 1. The Hall–Kier alpha value is -3.30. The average molecular weight is 543 g/mol. The summed E-state index contributed by atoms with van der Waals surface area (Å²) >= 11 is 0. The molecule has 2 saturated heterocycles. The van der Waals surface area contributed by atoms with Gasteiger partial charge in [0, 0.05) is 32.1 Å². The van der Waals surface area contributed by atoms with Gasteiger partial charge in [0.2, 0.25) is 0 Å². The topological polar surface area (TPSA) is 127 Å². The van der Waals surface area contributed by atoms with Crippen molar-refractivity contribution in [3.8, 4) is 0 Å². The lowest BCUT2D eigenvalue weighted by molar-refractivity contribution is -0.134. The number of piperidine rings is 1. The van der Waals surface area contributed by atoms with Gasteiger partial charge in [0.1, 0.15) is 11.1 Å². The minimum absolute atomic E-state index is 0.101. The first-order valence-corrected chi connectivity index (χ1v) is 14.2. The van der Waals surface area contributed by atoms with Crippen molar-refractivity contribution in [1.29, 1.82) is 5.41 Å². The number of nitrogens with one attached hydrogen (secondary N) is 4. The van der Waals surface area contributed by atoms with Gasteiger partial charge in [-0.2, -0.15) is 0 Å². The number of benzene rings is 1. The molecule has 2 aliphatic rings. The van der Waals surface area contributed by atoms with Crippen LogP contribution in [0.5, 0.6) is 0 Å². The number of likely N-dealkylation sites (tertiary alicyclic amines) is 1. The molecule has 0 radical (unpaired) electrons. The van der Waals surface area contributed by atoms with E-state index in [1.54, 1.807) is 4.90 Å². The van der Waals surface area contributed by atoms with Crippen molar-refractivity contribution in [1.82, 2.24) is 25.8 Å². The van der Waals surface area contributed by atoms with Gasteiger partial charge in [0.25, 0.3) is 5.91 Å². The highest BCUT2D eigenvalue weighted by molar-refractivity contribution is 6.08. The zero-order valence-electron chi connectivity index (χ0n) is 24.2. The first kappa shape index (κ1) is 30.2. The molecule has 1 aromatic rings. The normalized spacial score (nSPS) is 21.5. The van der Waals surface area contributed by atoms with Crippen LogP contribution in [0.4, 0.5) is 9.59 Å². The van der Waals surface area contributed by atoms with Gasteiger partial charge < -0.3 is 25.6 Å². The van der Waals surface area contributed by atoms with Gasteiger partial charge in [-0.3, -0.25) is 15.1 Å². The maximum Gasteiger partial charge on any atom is 0.410 e. The molecular formula is C29H46N6O4. The Morgan fingerprint density at radius 2 is 1.82 bits per heavy atom. The van der Waals surface area contributed by atoms with Gasteiger partial charge in [-0.05, 0) is 57.6 Å². The smallest absolute Gasteiger partial charge is 0.410 e. The summed E-state index contributed by atoms with van der Waals surface area (Å²) in [6.07, 6.45) is 4.49. The Bertz CT molecular complexity index is 1020. The van der Waals surface area contributed by atoms with E-state index in [4.69, 9.17) is 10.1 Å². The highest BCUT2D eigenvalue weighted by Crippen LogP contribution is 2.37. The molecule has 2 atom stereocenters. The quantitative estimate of drug-likeness (QED) is 0.350. The van der Waals surface area contributed by atoms with Crippen LogP contribution in [0.2, 0.25) is 0 Å². The Balaban J connectivity index is 1.70. The van der Waals surface area contributed by atoms with E-state index in [0.717, 1.165) is 43.2 Å². The monoisotopic (exact) mass is 542 g/mol. The van der Waals surface area contributed by atoms with E-state index in [-0.39, 0.29) is 36.5 Å². The zero-order chi connectivity index (χ0) is 28.6. The summed E-state index contributed by atoms with van der Waals surface area (Å²) in [6.45, 7) is 12.0. The number of carbonyl (C=O) groups excluding carboxylic acids is 3. The largest absolute Gasteiger partial charge is 0.444 e. The van der Waals surface area contributed by atoms with Crippen LogP contribution >= 0.6 is 0 Å². The fourth-order valence-corrected chi connectivity index (χ4v) is 5.23. The summed E-state index contributed by atoms with van der Waals surface area (Å²) in [4.78, 5) is 41.9. The van der Waals surface area contributed by atoms with Crippen LogP contribution in [-0.4, -0.2) is 64.6 Å². The summed E-state index contributed by atoms with van der Waals surface area (Å²) in [6, 6.07) is 7.52. The molecule has 10 nitrogen and oxygen atoms in total. The average Bonchev–Trinajstić information content (AvgIpc) is 3.14. The highest BCUT2D eigenvalue weighted by atomic mass is 16.6. The number of ether oxygens (including phenoxy) is 1. The molecule has 0 aromatic heterocycles. The van der Waals surface area contributed by atoms with Crippen LogP contribution in [0.15, 0.2) is 24.3 Å². The molecule has 4 amide bonds. The predicted molar refractivity (Wildman–Crippen MR) is 151 cm³/mol. The number of rotatable bonds is 10. The van der Waals surface area contributed by atoms with E-state index in [9.17, 15) is 14.4 Å². The van der Waals surface area contributed by atoms with E-state index in [1.807, 2.05) is 52.0 Å². The van der Waals surface area contributed by atoms with Gasteiger partial charge in [-0.25, -0.2) is 9.59 Å². The highest BCUT2D eigenvalue weighted by Gasteiger charge is 2.54. The molecular weight excluding hydrogens is 496 g/mol. The summed E-state index contributed by atoms with van der Waals surface area (Å²) in [5, 5.41) is 17.6. The standard InChI is InChI=1S/C29H46N6O4/c1-6-8-15-29(23-10-9-17-34(20-23)27(38)39-28(3,4)5)24(36)35(25(30)33-29)19-22-13-11-21(12-14-22)18-32-26(37)31-16-7-2/h11-14,23H,6-10,15-20H2,1-5H3,(H2,30,33)(H2,31,32,37). The van der Waals surface area contributed by atoms with E-state index in [0.29, 0.717) is 32.6 Å². The minimum atomic E-state index is -0.913. The van der Waals surface area contributed by atoms with E-state index < -0.39 is 11.1 Å². The fraction of sp³-hybridized carbons (Fsp3) is 0.655. The molecule has 2 fully saturated rings. The summed E-state index contributed by atoms with van der Waals surface area (Å²) in [5.74, 6) is -0.116. The fourth-order valence-electron chi connectivity index (χ4n) is 5.23. The lowest BCUT2D eigenvalue weighted by Gasteiger charge is -2.42. The Kier molecular flexibility index (Phi) is 10.2. The van der Waals surface area contributed by atoms with Crippen molar-refractivity contribution in [2.75, 3.05) is 19.6 Å². The number of unbranched alkanes of at least 4 members (excludes halogenated alkanes) is 1. The van der Waals surface area contributed by atoms with Crippen LogP contribution in [0.1, 0.15) is 84.3 Å². The van der Waals surface area contributed by atoms with Crippen molar-refractivity contribution in [2.45, 2.75) is 97.4 Å². The zero-order valence-corrected chi connectivity index (χ0v) is 24.2. The van der Waals surface area contributed by atoms with Gasteiger partial charge in [0.15, 0.2) is 5.96 Å². The Labute approximate surface area is 232 Å². The molecule has 2 heterocycles. The lowest BCUT2D eigenvalue weighted by Crippen LogP contribution is -2.58. The third-order valence-electron chi connectivity index (χ3n) is 7.29. The minimum Gasteiger partial charge on any atom is -0.444 e. The number of amides is 4. The molecule has 39 heavy (non-hydrogen) atoms. The first-order chi connectivity index (χ1) is 18.5. The second kappa shape index (κ2) is 13.2. The second-order valence-electron chi connectivity index (χ2n) is 11.6. The number of hydrogen-bond acceptors (Lipinski definition) is 5. The molecule has 4 N–H and O–H groups in total. The number of urea groups is 1. The third-order valence-corrected chi connectivity index (χ3v) is 7.29. The second-order valence-corrected chi connectivity index (χ2v) is 11.6. The van der Waals surface area contributed by atoms with E-state index in [2.05, 4.69) is 22.9 Å². The Morgan fingerprint density at radius 1 is 1.13 bits per heavy atom. The molecule has 2 aliphatic heterocycles. The van der Waals surface area contributed by atoms with Crippen molar-refractivity contribution >= 4 is 24.0 Å². The lowest BCUT2D eigenvalue weighted by atomic mass is 9.75. The number of carbonyl (C=O) groups is 3. The van der Waals surface area contributed by atoms with Crippen LogP contribution in [-0.2, 0) is 22.6 Å². The number of nitrogens with zero attached hydrogens (tertiary/aromatic N) is 2.